The summed E-state index contributed by atoms with van der Waals surface area (Å²) in [7, 11) is 0. The first-order valence-corrected chi connectivity index (χ1v) is 11.4. The molecule has 0 aliphatic carbocycles. The molecular formula is C25H19ClN4OS. The number of benzene rings is 3. The molecule has 0 amide bonds. The molecule has 0 radical (unpaired) electrons. The van der Waals surface area contributed by atoms with Crippen LogP contribution in [0.5, 0.6) is 0 Å². The van der Waals surface area contributed by atoms with Crippen molar-refractivity contribution < 1.29 is 0 Å². The lowest BCUT2D eigenvalue weighted by atomic mass is 10.1. The first kappa shape index (κ1) is 20.4. The second kappa shape index (κ2) is 8.57. The summed E-state index contributed by atoms with van der Waals surface area (Å²) >= 11 is 7.58. The fourth-order valence-electron chi connectivity index (χ4n) is 3.52. The van der Waals surface area contributed by atoms with Gasteiger partial charge in [-0.3, -0.25) is 9.36 Å². The number of hydrogen-bond donors (Lipinski definition) is 1. The van der Waals surface area contributed by atoms with Crippen LogP contribution in [0.25, 0.3) is 27.8 Å². The van der Waals surface area contributed by atoms with E-state index in [9.17, 15) is 4.79 Å². The van der Waals surface area contributed by atoms with Crippen LogP contribution in [0.3, 0.4) is 0 Å². The van der Waals surface area contributed by atoms with Gasteiger partial charge < -0.3 is 5.32 Å². The van der Waals surface area contributed by atoms with Crippen LogP contribution in [0.15, 0.2) is 83.0 Å². The van der Waals surface area contributed by atoms with Crippen molar-refractivity contribution in [3.63, 3.8) is 0 Å². The zero-order valence-electron chi connectivity index (χ0n) is 17.2. The minimum atomic E-state index is -0.116. The van der Waals surface area contributed by atoms with Crippen molar-refractivity contribution in [2.75, 3.05) is 5.32 Å². The third-order valence-corrected chi connectivity index (χ3v) is 6.23. The van der Waals surface area contributed by atoms with Gasteiger partial charge in [0.1, 0.15) is 5.82 Å². The van der Waals surface area contributed by atoms with E-state index in [-0.39, 0.29) is 5.56 Å². The summed E-state index contributed by atoms with van der Waals surface area (Å²) in [5.74, 6) is 0.600. The molecule has 0 bridgehead atoms. The van der Waals surface area contributed by atoms with Crippen LogP contribution in [0.2, 0.25) is 5.02 Å². The predicted octanol–water partition coefficient (Wildman–Crippen LogP) is 6.08. The highest BCUT2D eigenvalue weighted by Crippen LogP contribution is 2.25. The number of para-hydroxylation sites is 1. The highest BCUT2D eigenvalue weighted by Gasteiger charge is 2.13. The molecule has 0 saturated heterocycles. The highest BCUT2D eigenvalue weighted by atomic mass is 35.5. The average Bonchev–Trinajstić information content (AvgIpc) is 3.28. The number of aromatic nitrogens is 3. The Labute approximate surface area is 194 Å². The van der Waals surface area contributed by atoms with Crippen molar-refractivity contribution in [1.29, 1.82) is 0 Å². The van der Waals surface area contributed by atoms with E-state index in [1.807, 2.05) is 35.7 Å². The van der Waals surface area contributed by atoms with E-state index in [2.05, 4.69) is 36.5 Å². The summed E-state index contributed by atoms with van der Waals surface area (Å²) in [6.07, 6.45) is 0. The smallest absolute Gasteiger partial charge is 0.266 e. The average molecular weight is 459 g/mol. The maximum absolute atomic E-state index is 13.3. The van der Waals surface area contributed by atoms with E-state index >= 15 is 0 Å². The Hall–Kier alpha value is -3.48. The van der Waals surface area contributed by atoms with Gasteiger partial charge in [-0.15, -0.1) is 11.3 Å². The van der Waals surface area contributed by atoms with Crippen LogP contribution >= 0.6 is 22.9 Å². The third-order valence-electron chi connectivity index (χ3n) is 5.18. The lowest BCUT2D eigenvalue weighted by Crippen LogP contribution is -2.25. The highest BCUT2D eigenvalue weighted by molar-refractivity contribution is 7.14. The van der Waals surface area contributed by atoms with E-state index in [0.717, 1.165) is 16.4 Å². The van der Waals surface area contributed by atoms with Crippen LogP contribution < -0.4 is 10.9 Å². The van der Waals surface area contributed by atoms with Crippen molar-refractivity contribution >= 4 is 39.0 Å². The van der Waals surface area contributed by atoms with Crippen molar-refractivity contribution in [2.45, 2.75) is 13.5 Å². The SMILES string of the molecule is Cc1ccc(-c2csc(NCc3nc4ccccc4c(=O)n3-c3ccc(Cl)cc3)n2)cc1. The van der Waals surface area contributed by atoms with Gasteiger partial charge in [-0.05, 0) is 43.3 Å². The molecule has 5 nitrogen and oxygen atoms in total. The fraction of sp³-hybridized carbons (Fsp3) is 0.0800. The van der Waals surface area contributed by atoms with Crippen molar-refractivity contribution in [1.82, 2.24) is 14.5 Å². The van der Waals surface area contributed by atoms with Gasteiger partial charge in [-0.2, -0.15) is 0 Å². The normalized spacial score (nSPS) is 11.1. The molecule has 5 aromatic rings. The maximum Gasteiger partial charge on any atom is 0.266 e. The van der Waals surface area contributed by atoms with Crippen molar-refractivity contribution in [2.24, 2.45) is 0 Å². The van der Waals surface area contributed by atoms with Crippen molar-refractivity contribution in [3.05, 3.63) is 105 Å². The van der Waals surface area contributed by atoms with Gasteiger partial charge in [-0.25, -0.2) is 9.97 Å². The lowest BCUT2D eigenvalue weighted by molar-refractivity contribution is 0.838. The van der Waals surface area contributed by atoms with Gasteiger partial charge in [-0.1, -0.05) is 53.6 Å². The zero-order valence-corrected chi connectivity index (χ0v) is 18.8. The minimum Gasteiger partial charge on any atom is -0.354 e. The Morgan fingerprint density at radius 2 is 1.72 bits per heavy atom. The number of aryl methyl sites for hydroxylation is 1. The molecule has 2 heterocycles. The molecule has 32 heavy (non-hydrogen) atoms. The molecular weight excluding hydrogens is 440 g/mol. The summed E-state index contributed by atoms with van der Waals surface area (Å²) in [6, 6.07) is 22.8. The van der Waals surface area contributed by atoms with Gasteiger partial charge >= 0.3 is 0 Å². The lowest BCUT2D eigenvalue weighted by Gasteiger charge is -2.14. The molecule has 3 aromatic carbocycles. The van der Waals surface area contributed by atoms with Crippen LogP contribution in [0.4, 0.5) is 5.13 Å². The van der Waals surface area contributed by atoms with E-state index < -0.39 is 0 Å². The molecule has 0 aliphatic rings. The molecule has 2 aromatic heterocycles. The van der Waals surface area contributed by atoms with Gasteiger partial charge in [0.25, 0.3) is 5.56 Å². The molecule has 0 fully saturated rings. The molecule has 0 saturated carbocycles. The Bertz CT molecular complexity index is 1460. The van der Waals surface area contributed by atoms with E-state index in [1.165, 1.54) is 16.9 Å². The van der Waals surface area contributed by atoms with Crippen LogP contribution in [-0.4, -0.2) is 14.5 Å². The zero-order chi connectivity index (χ0) is 22.1. The number of fused-ring (bicyclic) bond motifs is 1. The monoisotopic (exact) mass is 458 g/mol. The molecule has 0 unspecified atom stereocenters. The summed E-state index contributed by atoms with van der Waals surface area (Å²) in [4.78, 5) is 22.8. The molecule has 7 heteroatoms. The minimum absolute atomic E-state index is 0.116. The molecule has 0 aliphatic heterocycles. The van der Waals surface area contributed by atoms with E-state index in [1.54, 1.807) is 22.8 Å². The predicted molar refractivity (Wildman–Crippen MR) is 132 cm³/mol. The molecule has 0 atom stereocenters. The van der Waals surface area contributed by atoms with Gasteiger partial charge in [0.05, 0.1) is 28.8 Å². The van der Waals surface area contributed by atoms with Crippen LogP contribution in [0.1, 0.15) is 11.4 Å². The number of halogens is 1. The molecule has 1 N–H and O–H groups in total. The number of nitrogens with one attached hydrogen (secondary N) is 1. The second-order valence-corrected chi connectivity index (χ2v) is 8.71. The van der Waals surface area contributed by atoms with Crippen LogP contribution in [-0.2, 0) is 6.54 Å². The number of hydrogen-bond acceptors (Lipinski definition) is 5. The quantitative estimate of drug-likeness (QED) is 0.346. The van der Waals surface area contributed by atoms with Gasteiger partial charge in [0.15, 0.2) is 5.13 Å². The number of thiazole rings is 1. The molecule has 5 rings (SSSR count). The molecule has 0 spiro atoms. The first-order valence-electron chi connectivity index (χ1n) is 10.1. The summed E-state index contributed by atoms with van der Waals surface area (Å²) in [5, 5.41) is 7.31. The van der Waals surface area contributed by atoms with Crippen molar-refractivity contribution in [3.8, 4) is 16.9 Å². The Balaban J connectivity index is 1.50. The van der Waals surface area contributed by atoms with Crippen LogP contribution in [0, 0.1) is 6.92 Å². The fourth-order valence-corrected chi connectivity index (χ4v) is 4.36. The standard InChI is InChI=1S/C25H19ClN4OS/c1-16-6-8-17(9-7-16)22-15-32-25(29-22)27-14-23-28-21-5-3-2-4-20(21)24(31)30(23)19-12-10-18(26)11-13-19/h2-13,15H,14H2,1H3,(H,27,29). The summed E-state index contributed by atoms with van der Waals surface area (Å²) in [5.41, 5.74) is 4.47. The topological polar surface area (TPSA) is 59.8 Å². The Morgan fingerprint density at radius 3 is 2.50 bits per heavy atom. The third kappa shape index (κ3) is 4.02. The van der Waals surface area contributed by atoms with Gasteiger partial charge in [0.2, 0.25) is 0 Å². The maximum atomic E-state index is 13.3. The van der Waals surface area contributed by atoms with E-state index in [0.29, 0.717) is 34.0 Å². The largest absolute Gasteiger partial charge is 0.354 e. The first-order chi connectivity index (χ1) is 15.6. The Kier molecular flexibility index (Phi) is 5.47. The number of anilines is 1. The summed E-state index contributed by atoms with van der Waals surface area (Å²) in [6.45, 7) is 2.41. The van der Waals surface area contributed by atoms with E-state index in [4.69, 9.17) is 21.6 Å². The molecule has 158 valence electrons. The number of rotatable bonds is 5. The second-order valence-electron chi connectivity index (χ2n) is 7.42. The summed E-state index contributed by atoms with van der Waals surface area (Å²) < 4.78 is 1.63. The Morgan fingerprint density at radius 1 is 0.969 bits per heavy atom. The number of nitrogens with zero attached hydrogens (tertiary/aromatic N) is 3. The van der Waals surface area contributed by atoms with Gasteiger partial charge in [0, 0.05) is 16.0 Å².